The molecule has 0 aliphatic heterocycles. The van der Waals surface area contributed by atoms with Crippen molar-refractivity contribution in [3.8, 4) is 5.75 Å². The molecule has 2 heteroatoms. The predicted molar refractivity (Wildman–Crippen MR) is 76.0 cm³/mol. The Morgan fingerprint density at radius 2 is 1.83 bits per heavy atom. The molecule has 1 aliphatic carbocycles. The molecule has 1 fully saturated rings. The van der Waals surface area contributed by atoms with Gasteiger partial charge in [-0.15, -0.1) is 0 Å². The lowest BCUT2D eigenvalue weighted by molar-refractivity contribution is 0.377. The largest absolute Gasteiger partial charge is 0.497 e. The van der Waals surface area contributed by atoms with Gasteiger partial charge in [-0.1, -0.05) is 31.4 Å². The van der Waals surface area contributed by atoms with E-state index >= 15 is 0 Å². The molecule has 2 unspecified atom stereocenters. The molecular weight excluding hydrogens is 222 g/mol. The summed E-state index contributed by atoms with van der Waals surface area (Å²) in [6.45, 7) is 0.817. The smallest absolute Gasteiger partial charge is 0.118 e. The highest BCUT2D eigenvalue weighted by Gasteiger charge is 2.24. The zero-order valence-corrected chi connectivity index (χ0v) is 11.4. The topological polar surface area (TPSA) is 35.2 Å². The summed E-state index contributed by atoms with van der Waals surface area (Å²) in [5, 5.41) is 0. The van der Waals surface area contributed by atoms with Crippen LogP contribution in [-0.2, 0) is 0 Å². The average molecular weight is 247 g/mol. The van der Waals surface area contributed by atoms with Gasteiger partial charge in [-0.05, 0) is 55.3 Å². The summed E-state index contributed by atoms with van der Waals surface area (Å²) in [4.78, 5) is 0. The van der Waals surface area contributed by atoms with Gasteiger partial charge in [0.2, 0.25) is 0 Å². The van der Waals surface area contributed by atoms with Crippen molar-refractivity contribution in [1.29, 1.82) is 0 Å². The zero-order valence-electron chi connectivity index (χ0n) is 11.4. The Bertz CT molecular complexity index is 347. The Labute approximate surface area is 111 Å². The summed E-state index contributed by atoms with van der Waals surface area (Å²) in [6.07, 6.45) is 7.93. The molecule has 2 atom stereocenters. The van der Waals surface area contributed by atoms with Gasteiger partial charge in [0.05, 0.1) is 7.11 Å². The molecule has 1 aromatic rings. The van der Waals surface area contributed by atoms with Gasteiger partial charge in [0.25, 0.3) is 0 Å². The Hall–Kier alpha value is -1.02. The van der Waals surface area contributed by atoms with E-state index in [1.807, 2.05) is 0 Å². The fourth-order valence-corrected chi connectivity index (χ4v) is 3.23. The van der Waals surface area contributed by atoms with Crippen LogP contribution in [0.5, 0.6) is 5.75 Å². The van der Waals surface area contributed by atoms with E-state index in [4.69, 9.17) is 10.5 Å². The van der Waals surface area contributed by atoms with Crippen molar-refractivity contribution in [2.24, 2.45) is 11.7 Å². The maximum absolute atomic E-state index is 5.78. The number of rotatable bonds is 4. The van der Waals surface area contributed by atoms with Gasteiger partial charge in [-0.2, -0.15) is 0 Å². The highest BCUT2D eigenvalue weighted by atomic mass is 16.5. The van der Waals surface area contributed by atoms with Crippen LogP contribution < -0.4 is 10.5 Å². The number of hydrogen-bond acceptors (Lipinski definition) is 2. The standard InChI is InChI=1S/C16H25NO/c1-18-15-9-7-14(8-10-15)16-6-4-2-3-5-13(16)11-12-17/h7-10,13,16H,2-6,11-12,17H2,1H3. The van der Waals surface area contributed by atoms with Crippen LogP contribution in [0.25, 0.3) is 0 Å². The monoisotopic (exact) mass is 247 g/mol. The van der Waals surface area contributed by atoms with E-state index in [-0.39, 0.29) is 0 Å². The van der Waals surface area contributed by atoms with Crippen LogP contribution >= 0.6 is 0 Å². The molecule has 0 amide bonds. The summed E-state index contributed by atoms with van der Waals surface area (Å²) in [6, 6.07) is 8.64. The second-order valence-corrected chi connectivity index (χ2v) is 5.36. The van der Waals surface area contributed by atoms with E-state index in [1.165, 1.54) is 37.7 Å². The van der Waals surface area contributed by atoms with Crippen LogP contribution in [-0.4, -0.2) is 13.7 Å². The van der Waals surface area contributed by atoms with Crippen molar-refractivity contribution >= 4 is 0 Å². The molecule has 2 N–H and O–H groups in total. The van der Waals surface area contributed by atoms with Gasteiger partial charge in [0, 0.05) is 0 Å². The molecule has 1 aliphatic rings. The van der Waals surface area contributed by atoms with E-state index in [0.29, 0.717) is 5.92 Å². The molecule has 1 aromatic carbocycles. The Balaban J connectivity index is 2.14. The Kier molecular flexibility index (Phi) is 5.06. The molecule has 0 spiro atoms. The first-order chi connectivity index (χ1) is 8.85. The Morgan fingerprint density at radius 1 is 1.11 bits per heavy atom. The first-order valence-electron chi connectivity index (χ1n) is 7.19. The summed E-state index contributed by atoms with van der Waals surface area (Å²) >= 11 is 0. The molecule has 18 heavy (non-hydrogen) atoms. The third kappa shape index (κ3) is 3.26. The maximum atomic E-state index is 5.78. The minimum Gasteiger partial charge on any atom is -0.497 e. The maximum Gasteiger partial charge on any atom is 0.118 e. The molecule has 2 rings (SSSR count). The van der Waals surface area contributed by atoms with Crippen molar-refractivity contribution in [3.63, 3.8) is 0 Å². The number of benzene rings is 1. The highest BCUT2D eigenvalue weighted by Crippen LogP contribution is 2.38. The fourth-order valence-electron chi connectivity index (χ4n) is 3.23. The van der Waals surface area contributed by atoms with Crippen LogP contribution in [0.15, 0.2) is 24.3 Å². The fraction of sp³-hybridized carbons (Fsp3) is 0.625. The van der Waals surface area contributed by atoms with Crippen LogP contribution in [0.3, 0.4) is 0 Å². The molecular formula is C16H25NO. The molecule has 0 saturated heterocycles. The summed E-state index contributed by atoms with van der Waals surface area (Å²) in [5.74, 6) is 2.41. The number of methoxy groups -OCH3 is 1. The zero-order chi connectivity index (χ0) is 12.8. The molecule has 0 bridgehead atoms. The molecule has 0 aromatic heterocycles. The van der Waals surface area contributed by atoms with Crippen molar-refractivity contribution in [1.82, 2.24) is 0 Å². The summed E-state index contributed by atoms with van der Waals surface area (Å²) < 4.78 is 5.24. The van der Waals surface area contributed by atoms with E-state index < -0.39 is 0 Å². The van der Waals surface area contributed by atoms with Gasteiger partial charge in [0.1, 0.15) is 5.75 Å². The number of nitrogens with two attached hydrogens (primary N) is 1. The Morgan fingerprint density at radius 3 is 2.50 bits per heavy atom. The minimum atomic E-state index is 0.696. The van der Waals surface area contributed by atoms with Crippen LogP contribution in [0.1, 0.15) is 50.0 Å². The third-order valence-electron chi connectivity index (χ3n) is 4.24. The quantitative estimate of drug-likeness (QED) is 0.823. The lowest BCUT2D eigenvalue weighted by Crippen LogP contribution is -2.16. The van der Waals surface area contributed by atoms with Crippen LogP contribution in [0, 0.1) is 5.92 Å². The SMILES string of the molecule is COc1ccc(C2CCCCCC2CCN)cc1. The van der Waals surface area contributed by atoms with Crippen LogP contribution in [0.4, 0.5) is 0 Å². The molecule has 0 radical (unpaired) electrons. The highest BCUT2D eigenvalue weighted by molar-refractivity contribution is 5.29. The minimum absolute atomic E-state index is 0.696. The number of ether oxygens (including phenoxy) is 1. The van der Waals surface area contributed by atoms with Gasteiger partial charge in [-0.3, -0.25) is 0 Å². The van der Waals surface area contributed by atoms with Crippen molar-refractivity contribution in [2.75, 3.05) is 13.7 Å². The lowest BCUT2D eigenvalue weighted by Gasteiger charge is -2.25. The van der Waals surface area contributed by atoms with Gasteiger partial charge >= 0.3 is 0 Å². The van der Waals surface area contributed by atoms with E-state index in [9.17, 15) is 0 Å². The first-order valence-corrected chi connectivity index (χ1v) is 7.19. The average Bonchev–Trinajstić information content (AvgIpc) is 2.65. The van der Waals surface area contributed by atoms with Crippen LogP contribution in [0.2, 0.25) is 0 Å². The molecule has 0 heterocycles. The van der Waals surface area contributed by atoms with Gasteiger partial charge < -0.3 is 10.5 Å². The predicted octanol–water partition coefficient (Wildman–Crippen LogP) is 3.71. The third-order valence-corrected chi connectivity index (χ3v) is 4.24. The van der Waals surface area contributed by atoms with E-state index in [0.717, 1.165) is 24.6 Å². The van der Waals surface area contributed by atoms with Crippen molar-refractivity contribution < 1.29 is 4.74 Å². The van der Waals surface area contributed by atoms with E-state index in [1.54, 1.807) is 7.11 Å². The van der Waals surface area contributed by atoms with E-state index in [2.05, 4.69) is 24.3 Å². The van der Waals surface area contributed by atoms with Crippen molar-refractivity contribution in [3.05, 3.63) is 29.8 Å². The normalized spacial score (nSPS) is 24.6. The number of hydrogen-bond donors (Lipinski definition) is 1. The molecule has 1 saturated carbocycles. The first kappa shape index (κ1) is 13.4. The van der Waals surface area contributed by atoms with Gasteiger partial charge in [0.15, 0.2) is 0 Å². The summed E-state index contributed by atoms with van der Waals surface area (Å²) in [5.41, 5.74) is 7.24. The lowest BCUT2D eigenvalue weighted by atomic mass is 9.80. The van der Waals surface area contributed by atoms with Gasteiger partial charge in [-0.25, -0.2) is 0 Å². The van der Waals surface area contributed by atoms with Crippen molar-refractivity contribution in [2.45, 2.75) is 44.4 Å². The molecule has 100 valence electrons. The summed E-state index contributed by atoms with van der Waals surface area (Å²) in [7, 11) is 1.72. The second-order valence-electron chi connectivity index (χ2n) is 5.36. The second kappa shape index (κ2) is 6.79. The molecule has 2 nitrogen and oxygen atoms in total.